The molecule has 0 atom stereocenters. The standard InChI is InChI=1S/C36H78O3Si3/c1-7-10-13-16-19-22-25-28-31-34-40(4)37-41(5,35-32-29-26-23-20-17-14-11-8-2)39-42(6,38-40)36-33-30-27-24-21-18-15-12-9-3/h7-36H2,1-6H3. The second kappa shape index (κ2) is 25.7. The van der Waals surface area contributed by atoms with E-state index in [0.717, 1.165) is 0 Å². The summed E-state index contributed by atoms with van der Waals surface area (Å²) in [7, 11) is -6.55. The van der Waals surface area contributed by atoms with Crippen molar-refractivity contribution in [2.75, 3.05) is 0 Å². The molecule has 0 spiro atoms. The van der Waals surface area contributed by atoms with E-state index in [2.05, 4.69) is 40.4 Å². The molecule has 1 heterocycles. The van der Waals surface area contributed by atoms with E-state index >= 15 is 0 Å². The van der Waals surface area contributed by atoms with Gasteiger partial charge in [-0.3, -0.25) is 0 Å². The molecule has 3 nitrogen and oxygen atoms in total. The Hall–Kier alpha value is 0.531. The maximum Gasteiger partial charge on any atom is 0.317 e. The Kier molecular flexibility index (Phi) is 24.8. The molecule has 0 aromatic heterocycles. The summed E-state index contributed by atoms with van der Waals surface area (Å²) in [5, 5.41) is 0. The Labute approximate surface area is 269 Å². The second-order valence-corrected chi connectivity index (χ2v) is 25.2. The van der Waals surface area contributed by atoms with Crippen LogP contribution in [0.1, 0.15) is 194 Å². The van der Waals surface area contributed by atoms with E-state index in [1.165, 1.54) is 191 Å². The number of hydrogen-bond donors (Lipinski definition) is 0. The van der Waals surface area contributed by atoms with Gasteiger partial charge in [0.05, 0.1) is 0 Å². The molecule has 0 aromatic rings. The van der Waals surface area contributed by atoms with Crippen LogP contribution in [-0.2, 0) is 12.3 Å². The summed E-state index contributed by atoms with van der Waals surface area (Å²) in [6.07, 6.45) is 37.3. The van der Waals surface area contributed by atoms with Gasteiger partial charge >= 0.3 is 25.7 Å². The highest BCUT2D eigenvalue weighted by Gasteiger charge is 2.55. The topological polar surface area (TPSA) is 27.7 Å². The molecule has 1 fully saturated rings. The lowest BCUT2D eigenvalue weighted by Gasteiger charge is -2.50. The van der Waals surface area contributed by atoms with Gasteiger partial charge in [0.1, 0.15) is 0 Å². The minimum absolute atomic E-state index is 1.17. The van der Waals surface area contributed by atoms with Crippen molar-refractivity contribution in [1.29, 1.82) is 0 Å². The van der Waals surface area contributed by atoms with E-state index < -0.39 is 25.7 Å². The SMILES string of the molecule is CCCCCCCCCCC[Si]1(C)O[Si](C)(CCCCCCCCCCC)O[Si](C)(CCCCCCCCCCC)O1. The molecule has 0 bridgehead atoms. The third kappa shape index (κ3) is 21.3. The fourth-order valence-corrected chi connectivity index (χ4v) is 24.7. The average Bonchev–Trinajstić information content (AvgIpc) is 2.94. The van der Waals surface area contributed by atoms with Crippen LogP contribution in [0.25, 0.3) is 0 Å². The van der Waals surface area contributed by atoms with Crippen LogP contribution < -0.4 is 0 Å². The molecule has 6 heteroatoms. The third-order valence-corrected chi connectivity index (χ3v) is 23.6. The Morgan fingerprint density at radius 2 is 0.429 bits per heavy atom. The molecule has 0 unspecified atom stereocenters. The molecule has 1 aliphatic heterocycles. The van der Waals surface area contributed by atoms with Gasteiger partial charge in [-0.05, 0) is 37.8 Å². The molecule has 1 saturated heterocycles. The van der Waals surface area contributed by atoms with Gasteiger partial charge in [0.15, 0.2) is 0 Å². The minimum Gasteiger partial charge on any atom is -0.416 e. The van der Waals surface area contributed by atoms with Crippen LogP contribution in [-0.4, -0.2) is 25.7 Å². The number of hydrogen-bond acceptors (Lipinski definition) is 3. The normalized spacial score (nSPS) is 24.4. The zero-order chi connectivity index (χ0) is 30.8. The van der Waals surface area contributed by atoms with Crippen molar-refractivity contribution in [3.05, 3.63) is 0 Å². The van der Waals surface area contributed by atoms with Crippen molar-refractivity contribution in [2.24, 2.45) is 0 Å². The summed E-state index contributed by atoms with van der Waals surface area (Å²) in [6, 6.07) is 3.52. The molecular weight excluding hydrogens is 565 g/mol. The average molecular weight is 643 g/mol. The third-order valence-electron chi connectivity index (χ3n) is 9.50. The van der Waals surface area contributed by atoms with Gasteiger partial charge in [-0.25, -0.2) is 0 Å². The molecule has 42 heavy (non-hydrogen) atoms. The van der Waals surface area contributed by atoms with Gasteiger partial charge in [0, 0.05) is 0 Å². The van der Waals surface area contributed by atoms with Gasteiger partial charge < -0.3 is 12.3 Å². The molecule has 0 aliphatic carbocycles. The molecule has 0 radical (unpaired) electrons. The summed E-state index contributed by atoms with van der Waals surface area (Å²) >= 11 is 0. The van der Waals surface area contributed by atoms with Crippen molar-refractivity contribution in [3.8, 4) is 0 Å². The van der Waals surface area contributed by atoms with Gasteiger partial charge in [0.25, 0.3) is 0 Å². The van der Waals surface area contributed by atoms with E-state index in [-0.39, 0.29) is 0 Å². The van der Waals surface area contributed by atoms with E-state index in [1.54, 1.807) is 0 Å². The van der Waals surface area contributed by atoms with Crippen LogP contribution in [0.5, 0.6) is 0 Å². The summed E-state index contributed by atoms with van der Waals surface area (Å²) in [5.74, 6) is 0. The first kappa shape index (κ1) is 40.6. The summed E-state index contributed by atoms with van der Waals surface area (Å²) in [4.78, 5) is 0. The first-order valence-corrected chi connectivity index (χ1v) is 27.0. The van der Waals surface area contributed by atoms with Crippen molar-refractivity contribution in [3.63, 3.8) is 0 Å². The van der Waals surface area contributed by atoms with E-state index in [1.807, 2.05) is 0 Å². The molecule has 1 aliphatic rings. The fraction of sp³-hybridized carbons (Fsp3) is 1.00. The number of rotatable bonds is 30. The van der Waals surface area contributed by atoms with E-state index in [9.17, 15) is 0 Å². The van der Waals surface area contributed by atoms with Crippen LogP contribution in [0.2, 0.25) is 37.8 Å². The summed E-state index contributed by atoms with van der Waals surface area (Å²) in [6.45, 7) is 14.1. The Morgan fingerprint density at radius 3 is 0.619 bits per heavy atom. The van der Waals surface area contributed by atoms with Gasteiger partial charge in [-0.1, -0.05) is 194 Å². The van der Waals surface area contributed by atoms with Gasteiger partial charge in [-0.2, -0.15) is 0 Å². The lowest BCUT2D eigenvalue weighted by atomic mass is 10.1. The lowest BCUT2D eigenvalue weighted by molar-refractivity contribution is 0.219. The zero-order valence-electron chi connectivity index (χ0n) is 29.9. The maximum atomic E-state index is 7.06. The Balaban J connectivity index is 2.53. The van der Waals surface area contributed by atoms with Crippen LogP contribution in [0.3, 0.4) is 0 Å². The van der Waals surface area contributed by atoms with Crippen molar-refractivity contribution in [1.82, 2.24) is 0 Å². The minimum atomic E-state index is -2.18. The molecule has 0 saturated carbocycles. The molecular formula is C36H78O3Si3. The lowest BCUT2D eigenvalue weighted by Crippen LogP contribution is -2.67. The first-order chi connectivity index (χ1) is 20.3. The monoisotopic (exact) mass is 643 g/mol. The highest BCUT2D eigenvalue weighted by atomic mass is 28.5. The highest BCUT2D eigenvalue weighted by molar-refractivity contribution is 6.93. The van der Waals surface area contributed by atoms with Crippen LogP contribution in [0.15, 0.2) is 0 Å². The van der Waals surface area contributed by atoms with E-state index in [4.69, 9.17) is 12.3 Å². The van der Waals surface area contributed by atoms with Crippen LogP contribution in [0.4, 0.5) is 0 Å². The quantitative estimate of drug-likeness (QED) is 0.0576. The molecule has 0 N–H and O–H groups in total. The van der Waals surface area contributed by atoms with Crippen molar-refractivity contribution >= 4 is 25.7 Å². The van der Waals surface area contributed by atoms with E-state index in [0.29, 0.717) is 0 Å². The predicted octanol–water partition coefficient (Wildman–Crippen LogP) is 13.9. The Morgan fingerprint density at radius 1 is 0.262 bits per heavy atom. The summed E-state index contributed by atoms with van der Waals surface area (Å²) in [5.41, 5.74) is 0. The van der Waals surface area contributed by atoms with Gasteiger partial charge in [-0.15, -0.1) is 0 Å². The van der Waals surface area contributed by atoms with Crippen LogP contribution in [0, 0.1) is 0 Å². The molecule has 0 aromatic carbocycles. The van der Waals surface area contributed by atoms with Crippen LogP contribution >= 0.6 is 0 Å². The summed E-state index contributed by atoms with van der Waals surface area (Å²) < 4.78 is 21.2. The largest absolute Gasteiger partial charge is 0.416 e. The Bertz CT molecular complexity index is 517. The zero-order valence-corrected chi connectivity index (χ0v) is 32.9. The van der Waals surface area contributed by atoms with Gasteiger partial charge in [0.2, 0.25) is 0 Å². The molecule has 1 rings (SSSR count). The smallest absolute Gasteiger partial charge is 0.317 e. The fourth-order valence-electron chi connectivity index (χ4n) is 7.01. The van der Waals surface area contributed by atoms with Crippen molar-refractivity contribution < 1.29 is 12.3 Å². The number of unbranched alkanes of at least 4 members (excludes halogenated alkanes) is 24. The van der Waals surface area contributed by atoms with Crippen molar-refractivity contribution in [2.45, 2.75) is 232 Å². The highest BCUT2D eigenvalue weighted by Crippen LogP contribution is 2.39. The first-order valence-electron chi connectivity index (χ1n) is 19.4. The predicted molar refractivity (Wildman–Crippen MR) is 194 cm³/mol. The molecule has 0 amide bonds. The maximum absolute atomic E-state index is 7.06. The second-order valence-electron chi connectivity index (χ2n) is 14.4. The molecule has 252 valence electrons.